The van der Waals surface area contributed by atoms with Gasteiger partial charge < -0.3 is 50.0 Å². The molecular formula is C38H43N9O8S2. The van der Waals surface area contributed by atoms with Crippen LogP contribution in [-0.2, 0) is 25.9 Å². The van der Waals surface area contributed by atoms with Crippen LogP contribution in [0.5, 0.6) is 11.5 Å². The number of methoxy groups -OCH3 is 1. The summed E-state index contributed by atoms with van der Waals surface area (Å²) in [6.07, 6.45) is 3.97. The Morgan fingerprint density at radius 3 is 2.30 bits per heavy atom. The van der Waals surface area contributed by atoms with E-state index in [1.54, 1.807) is 28.2 Å². The molecule has 300 valence electrons. The summed E-state index contributed by atoms with van der Waals surface area (Å²) >= 11 is 2.55. The van der Waals surface area contributed by atoms with Crippen molar-refractivity contribution in [1.29, 1.82) is 0 Å². The number of benzene rings is 2. The van der Waals surface area contributed by atoms with Gasteiger partial charge in [-0.25, -0.2) is 15.0 Å². The molecule has 0 aliphatic carbocycles. The number of ether oxygens (including phenoxy) is 2. The smallest absolute Gasteiger partial charge is 0.317 e. The molecule has 0 radical (unpaired) electrons. The number of hydrogen-bond donors (Lipinski definition) is 5. The molecule has 17 nitrogen and oxygen atoms in total. The zero-order chi connectivity index (χ0) is 41.0. The number of carbonyl (C=O) groups excluding carboxylic acids is 3. The van der Waals surface area contributed by atoms with Crippen molar-refractivity contribution in [3.63, 3.8) is 0 Å². The average molecular weight is 818 g/mol. The molecule has 0 saturated carbocycles. The number of oxazole rings is 1. The Kier molecular flexibility index (Phi) is 12.5. The van der Waals surface area contributed by atoms with Crippen LogP contribution in [0.4, 0.5) is 5.95 Å². The molecule has 19 heteroatoms. The first-order valence-corrected chi connectivity index (χ1v) is 19.7. The maximum Gasteiger partial charge on any atom is 0.317 e. The SMILES string of the molecule is CCc1nc(C)oc1C(=O)/N=c1\sc2cc(C(N)=O)cc(OC)c2n1C/C=C/Cn1c(NC(O)c2sc(C)nc2CC)nc2cc(C(N)=O)cc(OCCCO)c21. The van der Waals surface area contributed by atoms with Crippen LogP contribution in [-0.4, -0.2) is 72.3 Å². The molecule has 0 aliphatic heterocycles. The predicted molar refractivity (Wildman–Crippen MR) is 215 cm³/mol. The first-order chi connectivity index (χ1) is 27.4. The minimum atomic E-state index is -1.16. The van der Waals surface area contributed by atoms with E-state index in [1.807, 2.05) is 32.9 Å². The normalized spacial score (nSPS) is 12.6. The number of nitrogens with two attached hydrogens (primary N) is 2. The molecule has 3 amide bonds. The number of imidazole rings is 1. The van der Waals surface area contributed by atoms with E-state index < -0.39 is 23.9 Å². The molecule has 0 bridgehead atoms. The fraction of sp³-hybridized carbons (Fsp3) is 0.342. The van der Waals surface area contributed by atoms with Crippen molar-refractivity contribution in [3.05, 3.63) is 85.3 Å². The zero-order valence-electron chi connectivity index (χ0n) is 32.0. The highest BCUT2D eigenvalue weighted by Gasteiger charge is 2.23. The van der Waals surface area contributed by atoms with Gasteiger partial charge >= 0.3 is 5.91 Å². The van der Waals surface area contributed by atoms with Gasteiger partial charge in [-0.3, -0.25) is 14.4 Å². The zero-order valence-corrected chi connectivity index (χ0v) is 33.6. The average Bonchev–Trinajstić information content (AvgIpc) is 3.95. The minimum Gasteiger partial charge on any atom is -0.494 e. The van der Waals surface area contributed by atoms with E-state index in [-0.39, 0.29) is 49.1 Å². The number of nitrogens with one attached hydrogen (secondary N) is 1. The molecule has 6 rings (SSSR count). The third-order valence-electron chi connectivity index (χ3n) is 8.85. The third-order valence-corrected chi connectivity index (χ3v) is 10.9. The van der Waals surface area contributed by atoms with E-state index in [0.717, 1.165) is 10.7 Å². The number of allylic oxidation sites excluding steroid dienone is 2. The fourth-order valence-corrected chi connectivity index (χ4v) is 8.30. The lowest BCUT2D eigenvalue weighted by molar-refractivity contribution is 0.0966. The van der Waals surface area contributed by atoms with Crippen molar-refractivity contribution in [3.8, 4) is 11.5 Å². The van der Waals surface area contributed by atoms with Gasteiger partial charge in [0.25, 0.3) is 0 Å². The molecule has 1 atom stereocenters. The van der Waals surface area contributed by atoms with Crippen molar-refractivity contribution in [2.75, 3.05) is 25.6 Å². The lowest BCUT2D eigenvalue weighted by Gasteiger charge is -2.16. The summed E-state index contributed by atoms with van der Waals surface area (Å²) in [5.41, 5.74) is 14.4. The largest absolute Gasteiger partial charge is 0.494 e. The van der Waals surface area contributed by atoms with Gasteiger partial charge in [0.15, 0.2) is 16.9 Å². The highest BCUT2D eigenvalue weighted by molar-refractivity contribution is 7.16. The molecule has 6 aromatic rings. The topological polar surface area (TPSA) is 248 Å². The quantitative estimate of drug-likeness (QED) is 0.0491. The Labute approximate surface area is 334 Å². The molecule has 0 saturated heterocycles. The Morgan fingerprint density at radius 2 is 1.63 bits per heavy atom. The summed E-state index contributed by atoms with van der Waals surface area (Å²) < 4.78 is 21.5. The van der Waals surface area contributed by atoms with Crippen molar-refractivity contribution < 1.29 is 38.5 Å². The van der Waals surface area contributed by atoms with Gasteiger partial charge in [0.1, 0.15) is 22.5 Å². The number of thiazole rings is 2. The number of anilines is 1. The van der Waals surface area contributed by atoms with Crippen LogP contribution < -0.4 is 31.1 Å². The van der Waals surface area contributed by atoms with Crippen LogP contribution in [0.3, 0.4) is 0 Å². The standard InChI is InChI=1S/C38H43N9O8S2/c1-6-23-31(55-19(3)41-23)35(51)45-38-47(30-26(53-5)16-22(34(40)50)18-28(30)57-38)12-9-8-11-46-29-25(15-21(33(39)49)17-27(29)54-14-10-13-48)43-37(46)44-36(52)32-24(7-2)42-20(4)56-32/h8-9,15-18,36,48,52H,6-7,10-14H2,1-5H3,(H2,39,49)(H2,40,50)(H,43,44)/b9-8+,45-38-. The molecular weight excluding hydrogens is 775 g/mol. The van der Waals surface area contributed by atoms with E-state index in [1.165, 1.54) is 41.9 Å². The number of rotatable bonds is 17. The molecule has 0 aliphatic rings. The number of hydrogen-bond acceptors (Lipinski definition) is 14. The summed E-state index contributed by atoms with van der Waals surface area (Å²) in [5.74, 6) is -0.610. The van der Waals surface area contributed by atoms with Gasteiger partial charge in [0.05, 0.1) is 45.2 Å². The number of aliphatic hydroxyl groups excluding tert-OH is 2. The van der Waals surface area contributed by atoms with Crippen LogP contribution in [0.1, 0.15) is 84.9 Å². The molecule has 2 aromatic carbocycles. The van der Waals surface area contributed by atoms with E-state index >= 15 is 0 Å². The molecule has 7 N–H and O–H groups in total. The number of aromatic nitrogens is 5. The summed E-state index contributed by atoms with van der Waals surface area (Å²) in [6, 6.07) is 6.23. The number of fused-ring (bicyclic) bond motifs is 2. The number of aryl methyl sites for hydroxylation is 4. The first-order valence-electron chi connectivity index (χ1n) is 18.1. The van der Waals surface area contributed by atoms with Gasteiger partial charge in [-0.05, 0) is 44.0 Å². The number of amides is 3. The van der Waals surface area contributed by atoms with Gasteiger partial charge in [0.2, 0.25) is 23.5 Å². The van der Waals surface area contributed by atoms with Crippen LogP contribution >= 0.6 is 22.7 Å². The minimum absolute atomic E-state index is 0.0459. The van der Waals surface area contributed by atoms with Crippen molar-refractivity contribution >= 4 is 67.6 Å². The first kappa shape index (κ1) is 40.8. The van der Waals surface area contributed by atoms with E-state index in [2.05, 4.69) is 20.3 Å². The van der Waals surface area contributed by atoms with Crippen LogP contribution in [0, 0.1) is 13.8 Å². The van der Waals surface area contributed by atoms with Crippen LogP contribution in [0.25, 0.3) is 21.3 Å². The highest BCUT2D eigenvalue weighted by Crippen LogP contribution is 2.34. The third kappa shape index (κ3) is 8.60. The van der Waals surface area contributed by atoms with Crippen LogP contribution in [0.15, 0.2) is 45.8 Å². The summed E-state index contributed by atoms with van der Waals surface area (Å²) in [5, 5.41) is 24.8. The van der Waals surface area contributed by atoms with Crippen molar-refractivity contribution in [2.24, 2.45) is 16.5 Å². The Bertz CT molecular complexity index is 2580. The number of aliphatic hydroxyl groups is 2. The predicted octanol–water partition coefficient (Wildman–Crippen LogP) is 4.31. The molecule has 0 spiro atoms. The Hall–Kier alpha value is -5.89. The lowest BCUT2D eigenvalue weighted by atomic mass is 10.1. The molecule has 4 heterocycles. The number of carbonyl (C=O) groups is 3. The Balaban J connectivity index is 1.44. The maximum absolute atomic E-state index is 13.5. The van der Waals surface area contributed by atoms with Crippen molar-refractivity contribution in [1.82, 2.24) is 24.1 Å². The molecule has 1 unspecified atom stereocenters. The number of primary amides is 2. The second kappa shape index (κ2) is 17.5. The lowest BCUT2D eigenvalue weighted by Crippen LogP contribution is -2.17. The molecule has 4 aromatic heterocycles. The van der Waals surface area contributed by atoms with Gasteiger partial charge in [-0.15, -0.1) is 11.3 Å². The van der Waals surface area contributed by atoms with E-state index in [9.17, 15) is 24.6 Å². The summed E-state index contributed by atoms with van der Waals surface area (Å²) in [7, 11) is 1.47. The van der Waals surface area contributed by atoms with Gasteiger partial charge in [0, 0.05) is 44.2 Å². The fourth-order valence-electron chi connectivity index (χ4n) is 6.26. The molecule has 0 fully saturated rings. The summed E-state index contributed by atoms with van der Waals surface area (Å²) in [4.78, 5) is 57.0. The van der Waals surface area contributed by atoms with Crippen molar-refractivity contribution in [2.45, 2.75) is 66.3 Å². The summed E-state index contributed by atoms with van der Waals surface area (Å²) in [6.45, 7) is 7.78. The monoisotopic (exact) mass is 817 g/mol. The van der Waals surface area contributed by atoms with E-state index in [0.29, 0.717) is 73.3 Å². The van der Waals surface area contributed by atoms with E-state index in [4.69, 9.17) is 30.3 Å². The molecule has 57 heavy (non-hydrogen) atoms. The Morgan fingerprint density at radius 1 is 0.947 bits per heavy atom. The van der Waals surface area contributed by atoms with Crippen LogP contribution in [0.2, 0.25) is 0 Å². The van der Waals surface area contributed by atoms with Gasteiger partial charge in [-0.1, -0.05) is 37.3 Å². The second-order valence-electron chi connectivity index (χ2n) is 12.8. The number of nitrogens with zero attached hydrogens (tertiary/aromatic N) is 6. The van der Waals surface area contributed by atoms with Gasteiger partial charge in [-0.2, -0.15) is 4.99 Å². The maximum atomic E-state index is 13.5. The highest BCUT2D eigenvalue weighted by atomic mass is 32.1. The second-order valence-corrected chi connectivity index (χ2v) is 15.0.